The number of thioether (sulfide) groups is 1. The molecule has 1 unspecified atom stereocenters. The fraction of sp³-hybridized carbons (Fsp3) is 0.500. The number of halogens is 1. The van der Waals surface area contributed by atoms with Gasteiger partial charge in [0, 0.05) is 11.8 Å². The van der Waals surface area contributed by atoms with E-state index >= 15 is 0 Å². The predicted octanol–water partition coefficient (Wildman–Crippen LogP) is 2.84. The minimum atomic E-state index is -0.158. The summed E-state index contributed by atoms with van der Waals surface area (Å²) in [5.74, 6) is 0.746. The molecule has 96 valence electrons. The Morgan fingerprint density at radius 3 is 3.06 bits per heavy atom. The van der Waals surface area contributed by atoms with E-state index in [0.717, 1.165) is 36.2 Å². The third-order valence-corrected chi connectivity index (χ3v) is 4.74. The van der Waals surface area contributed by atoms with Gasteiger partial charge in [-0.2, -0.15) is 0 Å². The SMILES string of the molecule is Fc1cccc(CCNC2=NCC(C3CC3)S2)c1. The van der Waals surface area contributed by atoms with Crippen LogP contribution >= 0.6 is 11.8 Å². The topological polar surface area (TPSA) is 24.4 Å². The lowest BCUT2D eigenvalue weighted by molar-refractivity contribution is 0.625. The number of benzene rings is 1. The van der Waals surface area contributed by atoms with Crippen LogP contribution in [0.3, 0.4) is 0 Å². The Bertz CT molecular complexity index is 457. The molecule has 0 saturated heterocycles. The van der Waals surface area contributed by atoms with Crippen molar-refractivity contribution >= 4 is 16.9 Å². The number of nitrogens with zero attached hydrogens (tertiary/aromatic N) is 1. The first-order chi connectivity index (χ1) is 8.81. The molecule has 0 spiro atoms. The molecule has 1 aromatic carbocycles. The largest absolute Gasteiger partial charge is 0.365 e. The van der Waals surface area contributed by atoms with E-state index in [0.29, 0.717) is 5.25 Å². The molecule has 3 rings (SSSR count). The monoisotopic (exact) mass is 264 g/mol. The molecule has 1 aromatic rings. The normalized spacial score (nSPS) is 22.9. The van der Waals surface area contributed by atoms with Crippen LogP contribution in [0.1, 0.15) is 18.4 Å². The van der Waals surface area contributed by atoms with Crippen LogP contribution in [0.5, 0.6) is 0 Å². The van der Waals surface area contributed by atoms with Gasteiger partial charge in [0.1, 0.15) is 5.82 Å². The van der Waals surface area contributed by atoms with Crippen molar-refractivity contribution in [3.8, 4) is 0 Å². The molecule has 2 nitrogen and oxygen atoms in total. The molecule has 1 saturated carbocycles. The van der Waals surface area contributed by atoms with Gasteiger partial charge >= 0.3 is 0 Å². The minimum Gasteiger partial charge on any atom is -0.365 e. The summed E-state index contributed by atoms with van der Waals surface area (Å²) in [4.78, 5) is 4.52. The second-order valence-corrected chi connectivity index (χ2v) is 6.17. The number of hydrogen-bond acceptors (Lipinski definition) is 3. The van der Waals surface area contributed by atoms with Crippen molar-refractivity contribution < 1.29 is 4.39 Å². The molecular formula is C14H17FN2S. The van der Waals surface area contributed by atoms with Crippen LogP contribution in [0, 0.1) is 11.7 Å². The summed E-state index contributed by atoms with van der Waals surface area (Å²) in [5, 5.41) is 5.14. The van der Waals surface area contributed by atoms with Crippen LogP contribution in [0.25, 0.3) is 0 Å². The highest BCUT2D eigenvalue weighted by molar-refractivity contribution is 8.14. The molecular weight excluding hydrogens is 247 g/mol. The molecule has 0 aromatic heterocycles. The highest BCUT2D eigenvalue weighted by atomic mass is 32.2. The van der Waals surface area contributed by atoms with Crippen molar-refractivity contribution in [1.82, 2.24) is 5.32 Å². The third-order valence-electron chi connectivity index (χ3n) is 3.40. The van der Waals surface area contributed by atoms with Gasteiger partial charge in [-0.1, -0.05) is 23.9 Å². The number of nitrogens with one attached hydrogen (secondary N) is 1. The van der Waals surface area contributed by atoms with Gasteiger partial charge in [-0.3, -0.25) is 4.99 Å². The summed E-state index contributed by atoms with van der Waals surface area (Å²) in [6, 6.07) is 6.79. The average Bonchev–Trinajstić information content (AvgIpc) is 3.10. The molecule has 4 heteroatoms. The molecule has 1 fully saturated rings. The lowest BCUT2D eigenvalue weighted by Crippen LogP contribution is -2.22. The second kappa shape index (κ2) is 5.31. The number of rotatable bonds is 4. The molecule has 1 aliphatic carbocycles. The van der Waals surface area contributed by atoms with E-state index in [1.54, 1.807) is 12.1 Å². The molecule has 0 bridgehead atoms. The van der Waals surface area contributed by atoms with Crippen molar-refractivity contribution in [2.24, 2.45) is 10.9 Å². The highest BCUT2D eigenvalue weighted by Gasteiger charge is 2.35. The highest BCUT2D eigenvalue weighted by Crippen LogP contribution is 2.41. The molecule has 1 aliphatic heterocycles. The summed E-state index contributed by atoms with van der Waals surface area (Å²) in [7, 11) is 0. The maximum absolute atomic E-state index is 13.0. The number of hydrogen-bond donors (Lipinski definition) is 1. The standard InChI is InChI=1S/C14H17FN2S/c15-12-3-1-2-10(8-12)6-7-16-14-17-9-13(18-14)11-4-5-11/h1-3,8,11,13H,4-7,9H2,(H,16,17). The van der Waals surface area contributed by atoms with Gasteiger partial charge in [0.15, 0.2) is 5.17 Å². The van der Waals surface area contributed by atoms with Crippen LogP contribution in [0.4, 0.5) is 4.39 Å². The number of aliphatic imine (C=N–C) groups is 1. The van der Waals surface area contributed by atoms with Gasteiger partial charge in [-0.15, -0.1) is 0 Å². The van der Waals surface area contributed by atoms with E-state index in [-0.39, 0.29) is 5.82 Å². The van der Waals surface area contributed by atoms with Gasteiger partial charge in [-0.25, -0.2) is 4.39 Å². The Hall–Kier alpha value is -1.03. The molecule has 18 heavy (non-hydrogen) atoms. The molecule has 0 radical (unpaired) electrons. The first kappa shape index (κ1) is 12.0. The van der Waals surface area contributed by atoms with E-state index in [1.807, 2.05) is 17.8 Å². The zero-order valence-corrected chi connectivity index (χ0v) is 11.0. The maximum Gasteiger partial charge on any atom is 0.156 e. The lowest BCUT2D eigenvalue weighted by Gasteiger charge is -2.07. The van der Waals surface area contributed by atoms with Crippen LogP contribution in [-0.4, -0.2) is 23.5 Å². The summed E-state index contributed by atoms with van der Waals surface area (Å²) in [6.45, 7) is 1.80. The van der Waals surface area contributed by atoms with Crippen molar-refractivity contribution in [3.63, 3.8) is 0 Å². The summed E-state index contributed by atoms with van der Waals surface area (Å²) in [5.41, 5.74) is 1.03. The number of amidine groups is 1. The molecule has 1 N–H and O–H groups in total. The van der Waals surface area contributed by atoms with Crippen molar-refractivity contribution in [3.05, 3.63) is 35.6 Å². The van der Waals surface area contributed by atoms with Gasteiger partial charge in [0.2, 0.25) is 0 Å². The van der Waals surface area contributed by atoms with Crippen LogP contribution in [0.15, 0.2) is 29.3 Å². The van der Waals surface area contributed by atoms with Gasteiger partial charge in [0.25, 0.3) is 0 Å². The Morgan fingerprint density at radius 2 is 2.28 bits per heavy atom. The van der Waals surface area contributed by atoms with E-state index in [2.05, 4.69) is 10.3 Å². The predicted molar refractivity (Wildman–Crippen MR) is 74.5 cm³/mol. The first-order valence-corrected chi connectivity index (χ1v) is 7.38. The zero-order chi connectivity index (χ0) is 12.4. The lowest BCUT2D eigenvalue weighted by atomic mass is 10.1. The zero-order valence-electron chi connectivity index (χ0n) is 10.2. The summed E-state index contributed by atoms with van der Waals surface area (Å²) >= 11 is 1.88. The summed E-state index contributed by atoms with van der Waals surface area (Å²) < 4.78 is 13.0. The van der Waals surface area contributed by atoms with Gasteiger partial charge in [-0.05, 0) is 42.9 Å². The van der Waals surface area contributed by atoms with E-state index in [1.165, 1.54) is 18.9 Å². The minimum absolute atomic E-state index is 0.158. The Labute approximate surface area is 111 Å². The van der Waals surface area contributed by atoms with E-state index in [4.69, 9.17) is 0 Å². The summed E-state index contributed by atoms with van der Waals surface area (Å²) in [6.07, 6.45) is 3.60. The Kier molecular flexibility index (Phi) is 3.55. The third kappa shape index (κ3) is 3.05. The van der Waals surface area contributed by atoms with Crippen molar-refractivity contribution in [1.29, 1.82) is 0 Å². The Balaban J connectivity index is 1.42. The fourth-order valence-electron chi connectivity index (χ4n) is 2.21. The molecule has 0 amide bonds. The van der Waals surface area contributed by atoms with E-state index in [9.17, 15) is 4.39 Å². The van der Waals surface area contributed by atoms with Gasteiger partial charge < -0.3 is 5.32 Å². The maximum atomic E-state index is 13.0. The molecule has 2 aliphatic rings. The van der Waals surface area contributed by atoms with Crippen LogP contribution in [0.2, 0.25) is 0 Å². The van der Waals surface area contributed by atoms with Crippen LogP contribution in [-0.2, 0) is 6.42 Å². The fourth-order valence-corrected chi connectivity index (χ4v) is 3.44. The second-order valence-electron chi connectivity index (χ2n) is 4.95. The van der Waals surface area contributed by atoms with Gasteiger partial charge in [0.05, 0.1) is 6.54 Å². The van der Waals surface area contributed by atoms with E-state index < -0.39 is 0 Å². The average molecular weight is 264 g/mol. The molecule has 1 atom stereocenters. The molecule has 1 heterocycles. The van der Waals surface area contributed by atoms with Crippen molar-refractivity contribution in [2.45, 2.75) is 24.5 Å². The smallest absolute Gasteiger partial charge is 0.156 e. The van der Waals surface area contributed by atoms with Crippen LogP contribution < -0.4 is 5.32 Å². The quantitative estimate of drug-likeness (QED) is 0.904. The Morgan fingerprint density at radius 1 is 1.39 bits per heavy atom. The first-order valence-electron chi connectivity index (χ1n) is 6.51. The van der Waals surface area contributed by atoms with Crippen molar-refractivity contribution in [2.75, 3.05) is 13.1 Å².